The van der Waals surface area contributed by atoms with Gasteiger partial charge in [0, 0.05) is 17.8 Å². The summed E-state index contributed by atoms with van der Waals surface area (Å²) in [4.78, 5) is 13.1. The summed E-state index contributed by atoms with van der Waals surface area (Å²) < 4.78 is 12.5. The topological polar surface area (TPSA) is 65.4 Å². The van der Waals surface area contributed by atoms with Gasteiger partial charge in [-0.15, -0.1) is 0 Å². The number of aromatic nitrogens is 2. The third-order valence-electron chi connectivity index (χ3n) is 5.33. The molecule has 150 valence electrons. The molecule has 1 N–H and O–H groups in total. The summed E-state index contributed by atoms with van der Waals surface area (Å²) in [6.07, 6.45) is 4.22. The van der Waals surface area contributed by atoms with Crippen LogP contribution in [0.4, 0.5) is 0 Å². The zero-order chi connectivity index (χ0) is 20.4. The predicted molar refractivity (Wildman–Crippen MR) is 112 cm³/mol. The molecule has 3 aromatic rings. The molecule has 1 fully saturated rings. The van der Waals surface area contributed by atoms with Gasteiger partial charge in [-0.25, -0.2) is 4.68 Å². The normalized spacial score (nSPS) is 14.3. The van der Waals surface area contributed by atoms with Crippen LogP contribution in [0, 0.1) is 5.92 Å². The third-order valence-corrected chi connectivity index (χ3v) is 5.33. The molecule has 0 bridgehead atoms. The largest absolute Gasteiger partial charge is 0.493 e. The minimum absolute atomic E-state index is 0.141. The third kappa shape index (κ3) is 3.97. The number of carbonyl (C=O) groups is 1. The number of nitrogens with one attached hydrogen (secondary N) is 1. The monoisotopic (exact) mass is 391 g/mol. The first kappa shape index (κ1) is 19.1. The SMILES string of the molecule is COc1ccc(-c2cn(-c3ccccc3)nc2C(=O)NC(C)C2CC2)cc1OC. The molecule has 1 atom stereocenters. The zero-order valence-electron chi connectivity index (χ0n) is 16.9. The van der Waals surface area contributed by atoms with Crippen molar-refractivity contribution in [3.8, 4) is 28.3 Å². The maximum atomic E-state index is 13.1. The van der Waals surface area contributed by atoms with Crippen LogP contribution in [0.25, 0.3) is 16.8 Å². The fourth-order valence-corrected chi connectivity index (χ4v) is 3.46. The van der Waals surface area contributed by atoms with Gasteiger partial charge in [-0.2, -0.15) is 5.10 Å². The van der Waals surface area contributed by atoms with Crippen molar-refractivity contribution >= 4 is 5.91 Å². The first-order valence-electron chi connectivity index (χ1n) is 9.79. The van der Waals surface area contributed by atoms with E-state index in [1.165, 1.54) is 12.8 Å². The molecule has 1 aliphatic rings. The Bertz CT molecular complexity index is 1010. The van der Waals surface area contributed by atoms with Crippen molar-refractivity contribution in [1.29, 1.82) is 0 Å². The van der Waals surface area contributed by atoms with Gasteiger partial charge in [-0.05, 0) is 55.5 Å². The van der Waals surface area contributed by atoms with Gasteiger partial charge >= 0.3 is 0 Å². The summed E-state index contributed by atoms with van der Waals surface area (Å²) in [6.45, 7) is 2.06. The van der Waals surface area contributed by atoms with Crippen LogP contribution in [0.1, 0.15) is 30.3 Å². The Morgan fingerprint density at radius 2 is 1.83 bits per heavy atom. The van der Waals surface area contributed by atoms with Gasteiger partial charge < -0.3 is 14.8 Å². The molecule has 1 aliphatic carbocycles. The van der Waals surface area contributed by atoms with Gasteiger partial charge in [-0.3, -0.25) is 4.79 Å². The fraction of sp³-hybridized carbons (Fsp3) is 0.304. The zero-order valence-corrected chi connectivity index (χ0v) is 16.9. The van der Waals surface area contributed by atoms with Gasteiger partial charge in [0.25, 0.3) is 5.91 Å². The lowest BCUT2D eigenvalue weighted by atomic mass is 10.0. The Labute approximate surface area is 170 Å². The highest BCUT2D eigenvalue weighted by Gasteiger charge is 2.30. The molecular weight excluding hydrogens is 366 g/mol. The predicted octanol–water partition coefficient (Wildman–Crippen LogP) is 4.08. The van der Waals surface area contributed by atoms with Crippen LogP contribution >= 0.6 is 0 Å². The summed E-state index contributed by atoms with van der Waals surface area (Å²) in [7, 11) is 3.20. The average molecular weight is 391 g/mol. The maximum Gasteiger partial charge on any atom is 0.272 e. The molecule has 4 rings (SSSR count). The summed E-state index contributed by atoms with van der Waals surface area (Å²) in [5, 5.41) is 7.73. The summed E-state index contributed by atoms with van der Waals surface area (Å²) in [5.74, 6) is 1.65. The number of methoxy groups -OCH3 is 2. The molecule has 2 aromatic carbocycles. The van der Waals surface area contributed by atoms with E-state index in [0.717, 1.165) is 16.8 Å². The number of carbonyl (C=O) groups excluding carboxylic acids is 1. The Morgan fingerprint density at radius 3 is 2.48 bits per heavy atom. The van der Waals surface area contributed by atoms with E-state index in [0.29, 0.717) is 23.1 Å². The van der Waals surface area contributed by atoms with Crippen molar-refractivity contribution in [2.75, 3.05) is 14.2 Å². The van der Waals surface area contributed by atoms with Crippen LogP contribution in [0.2, 0.25) is 0 Å². The molecule has 6 heteroatoms. The lowest BCUT2D eigenvalue weighted by Crippen LogP contribution is -2.34. The second-order valence-corrected chi connectivity index (χ2v) is 7.34. The number of para-hydroxylation sites is 1. The van der Waals surface area contributed by atoms with Gasteiger partial charge in [0.15, 0.2) is 17.2 Å². The lowest BCUT2D eigenvalue weighted by Gasteiger charge is -2.13. The van der Waals surface area contributed by atoms with E-state index in [4.69, 9.17) is 9.47 Å². The van der Waals surface area contributed by atoms with Gasteiger partial charge in [-0.1, -0.05) is 24.3 Å². The molecule has 1 saturated carbocycles. The smallest absolute Gasteiger partial charge is 0.272 e. The van der Waals surface area contributed by atoms with Crippen LogP contribution in [0.15, 0.2) is 54.7 Å². The molecule has 0 aliphatic heterocycles. The molecule has 1 aromatic heterocycles. The Balaban J connectivity index is 1.76. The minimum atomic E-state index is -0.163. The lowest BCUT2D eigenvalue weighted by molar-refractivity contribution is 0.0931. The van der Waals surface area contributed by atoms with Crippen LogP contribution < -0.4 is 14.8 Å². The molecule has 29 heavy (non-hydrogen) atoms. The van der Waals surface area contributed by atoms with E-state index < -0.39 is 0 Å². The molecule has 1 unspecified atom stereocenters. The number of amides is 1. The van der Waals surface area contributed by atoms with E-state index in [1.807, 2.05) is 54.7 Å². The Morgan fingerprint density at radius 1 is 1.10 bits per heavy atom. The highest BCUT2D eigenvalue weighted by atomic mass is 16.5. The quantitative estimate of drug-likeness (QED) is 0.659. The minimum Gasteiger partial charge on any atom is -0.493 e. The fourth-order valence-electron chi connectivity index (χ4n) is 3.46. The summed E-state index contributed by atoms with van der Waals surface area (Å²) in [6, 6.07) is 15.5. The molecule has 0 saturated heterocycles. The average Bonchev–Trinajstić information content (AvgIpc) is 3.52. The molecule has 1 heterocycles. The molecule has 1 amide bonds. The molecule has 6 nitrogen and oxygen atoms in total. The van der Waals surface area contributed by atoms with Crippen LogP contribution in [0.3, 0.4) is 0 Å². The van der Waals surface area contributed by atoms with Crippen molar-refractivity contribution < 1.29 is 14.3 Å². The van der Waals surface area contributed by atoms with E-state index in [9.17, 15) is 4.79 Å². The molecule has 0 radical (unpaired) electrons. The number of benzene rings is 2. The second kappa shape index (κ2) is 7.99. The van der Waals surface area contributed by atoms with Crippen molar-refractivity contribution in [3.05, 3.63) is 60.4 Å². The van der Waals surface area contributed by atoms with Crippen molar-refractivity contribution in [3.63, 3.8) is 0 Å². The maximum absolute atomic E-state index is 13.1. The van der Waals surface area contributed by atoms with Crippen molar-refractivity contribution in [2.24, 2.45) is 5.92 Å². The first-order valence-corrected chi connectivity index (χ1v) is 9.79. The second-order valence-electron chi connectivity index (χ2n) is 7.34. The Kier molecular flexibility index (Phi) is 5.25. The van der Waals surface area contributed by atoms with Crippen LogP contribution in [0.5, 0.6) is 11.5 Å². The van der Waals surface area contributed by atoms with Crippen molar-refractivity contribution in [1.82, 2.24) is 15.1 Å². The highest BCUT2D eigenvalue weighted by Crippen LogP contribution is 2.35. The highest BCUT2D eigenvalue weighted by molar-refractivity contribution is 5.99. The van der Waals surface area contributed by atoms with E-state index in [-0.39, 0.29) is 11.9 Å². The number of hydrogen-bond acceptors (Lipinski definition) is 4. The van der Waals surface area contributed by atoms with E-state index in [1.54, 1.807) is 18.9 Å². The molecular formula is C23H25N3O3. The number of ether oxygens (including phenoxy) is 2. The van der Waals surface area contributed by atoms with E-state index >= 15 is 0 Å². The summed E-state index contributed by atoms with van der Waals surface area (Å²) in [5.41, 5.74) is 2.88. The summed E-state index contributed by atoms with van der Waals surface area (Å²) >= 11 is 0. The van der Waals surface area contributed by atoms with Gasteiger partial charge in [0.1, 0.15) is 0 Å². The first-order chi connectivity index (χ1) is 14.1. The van der Waals surface area contributed by atoms with Gasteiger partial charge in [0.05, 0.1) is 19.9 Å². The van der Waals surface area contributed by atoms with Crippen LogP contribution in [-0.4, -0.2) is 35.9 Å². The van der Waals surface area contributed by atoms with Gasteiger partial charge in [0.2, 0.25) is 0 Å². The standard InChI is InChI=1S/C23H25N3O3/c1-15(16-9-10-16)24-23(27)22-19(14-26(25-22)18-7-5-4-6-8-18)17-11-12-20(28-2)21(13-17)29-3/h4-8,11-16H,9-10H2,1-3H3,(H,24,27). The molecule has 0 spiro atoms. The number of rotatable bonds is 7. The van der Waals surface area contributed by atoms with Crippen molar-refractivity contribution in [2.45, 2.75) is 25.8 Å². The Hall–Kier alpha value is -3.28. The number of nitrogens with zero attached hydrogens (tertiary/aromatic N) is 2. The van der Waals surface area contributed by atoms with Crippen LogP contribution in [-0.2, 0) is 0 Å². The van der Waals surface area contributed by atoms with E-state index in [2.05, 4.69) is 17.3 Å². The number of hydrogen-bond donors (Lipinski definition) is 1.